The van der Waals surface area contributed by atoms with Gasteiger partial charge in [-0.1, -0.05) is 19.3 Å². The Morgan fingerprint density at radius 2 is 2.06 bits per heavy atom. The number of methoxy groups -OCH3 is 1. The SMILES string of the molecule is COC(c1nc(C)cc(CCl)n1)C1CCCCC1. The summed E-state index contributed by atoms with van der Waals surface area (Å²) in [5, 5.41) is 0. The second-order valence-corrected chi connectivity index (χ2v) is 5.31. The fourth-order valence-corrected chi connectivity index (χ4v) is 2.94. The second kappa shape index (κ2) is 6.48. The van der Waals surface area contributed by atoms with E-state index in [-0.39, 0.29) is 6.10 Å². The van der Waals surface area contributed by atoms with E-state index in [1.807, 2.05) is 13.0 Å². The van der Waals surface area contributed by atoms with Crippen molar-refractivity contribution in [2.24, 2.45) is 5.92 Å². The van der Waals surface area contributed by atoms with Crippen LogP contribution < -0.4 is 0 Å². The van der Waals surface area contributed by atoms with Gasteiger partial charge in [0.1, 0.15) is 6.10 Å². The summed E-state index contributed by atoms with van der Waals surface area (Å²) in [7, 11) is 1.76. The number of ether oxygens (including phenoxy) is 1. The lowest BCUT2D eigenvalue weighted by molar-refractivity contribution is 0.0287. The maximum Gasteiger partial charge on any atom is 0.157 e. The summed E-state index contributed by atoms with van der Waals surface area (Å²) in [5.41, 5.74) is 1.85. The summed E-state index contributed by atoms with van der Waals surface area (Å²) >= 11 is 5.87. The molecule has 1 aliphatic rings. The molecule has 18 heavy (non-hydrogen) atoms. The highest BCUT2D eigenvalue weighted by Gasteiger charge is 2.27. The largest absolute Gasteiger partial charge is 0.373 e. The Morgan fingerprint density at radius 1 is 1.33 bits per heavy atom. The monoisotopic (exact) mass is 268 g/mol. The number of aromatic nitrogens is 2. The van der Waals surface area contributed by atoms with E-state index in [1.165, 1.54) is 32.1 Å². The van der Waals surface area contributed by atoms with E-state index in [1.54, 1.807) is 7.11 Å². The van der Waals surface area contributed by atoms with Gasteiger partial charge in [-0.25, -0.2) is 9.97 Å². The average molecular weight is 269 g/mol. The zero-order valence-electron chi connectivity index (χ0n) is 11.2. The Labute approximate surface area is 114 Å². The predicted molar refractivity (Wildman–Crippen MR) is 72.7 cm³/mol. The molecule has 100 valence electrons. The van der Waals surface area contributed by atoms with Gasteiger partial charge in [0.2, 0.25) is 0 Å². The number of rotatable bonds is 4. The third kappa shape index (κ3) is 3.21. The minimum Gasteiger partial charge on any atom is -0.373 e. The molecule has 1 aromatic rings. The van der Waals surface area contributed by atoms with Gasteiger partial charge in [0, 0.05) is 12.8 Å². The standard InChI is InChI=1S/C14H21ClN2O/c1-10-8-12(9-15)17-14(16-10)13(18-2)11-6-4-3-5-7-11/h8,11,13H,3-7,9H2,1-2H3. The van der Waals surface area contributed by atoms with Crippen molar-refractivity contribution in [2.45, 2.75) is 51.0 Å². The van der Waals surface area contributed by atoms with Crippen LogP contribution in [-0.4, -0.2) is 17.1 Å². The Kier molecular flexibility index (Phi) is 4.95. The quantitative estimate of drug-likeness (QED) is 0.780. The van der Waals surface area contributed by atoms with E-state index in [0.29, 0.717) is 11.8 Å². The summed E-state index contributed by atoms with van der Waals surface area (Å²) in [6.07, 6.45) is 6.37. The van der Waals surface area contributed by atoms with Crippen LogP contribution in [0.1, 0.15) is 55.4 Å². The van der Waals surface area contributed by atoms with Crippen molar-refractivity contribution in [3.05, 3.63) is 23.3 Å². The molecule has 1 fully saturated rings. The minimum absolute atomic E-state index is 0.0205. The van der Waals surface area contributed by atoms with E-state index in [9.17, 15) is 0 Å². The molecule has 1 atom stereocenters. The molecule has 3 nitrogen and oxygen atoms in total. The predicted octanol–water partition coefficient (Wildman–Crippen LogP) is 3.79. The lowest BCUT2D eigenvalue weighted by atomic mass is 9.85. The molecule has 0 N–H and O–H groups in total. The van der Waals surface area contributed by atoms with Crippen LogP contribution >= 0.6 is 11.6 Å². The van der Waals surface area contributed by atoms with Crippen molar-refractivity contribution in [1.82, 2.24) is 9.97 Å². The first-order valence-corrected chi connectivity index (χ1v) is 7.21. The Morgan fingerprint density at radius 3 is 2.67 bits per heavy atom. The van der Waals surface area contributed by atoms with Crippen LogP contribution in [0.15, 0.2) is 6.07 Å². The summed E-state index contributed by atoms with van der Waals surface area (Å²) in [6.45, 7) is 1.98. The molecule has 0 saturated heterocycles. The molecular weight excluding hydrogens is 248 g/mol. The molecule has 0 aliphatic heterocycles. The molecule has 1 aliphatic carbocycles. The van der Waals surface area contributed by atoms with E-state index < -0.39 is 0 Å². The van der Waals surface area contributed by atoms with Crippen molar-refractivity contribution in [1.29, 1.82) is 0 Å². The van der Waals surface area contributed by atoms with Gasteiger partial charge >= 0.3 is 0 Å². The van der Waals surface area contributed by atoms with Gasteiger partial charge in [0.05, 0.1) is 11.6 Å². The van der Waals surface area contributed by atoms with Crippen molar-refractivity contribution >= 4 is 11.6 Å². The van der Waals surface area contributed by atoms with Crippen molar-refractivity contribution in [3.8, 4) is 0 Å². The van der Waals surface area contributed by atoms with E-state index in [0.717, 1.165) is 17.2 Å². The molecule has 1 unspecified atom stereocenters. The number of hydrogen-bond acceptors (Lipinski definition) is 3. The first kappa shape index (κ1) is 13.8. The third-order valence-electron chi connectivity index (χ3n) is 3.65. The van der Waals surface area contributed by atoms with Crippen molar-refractivity contribution in [3.63, 3.8) is 0 Å². The smallest absolute Gasteiger partial charge is 0.157 e. The number of hydrogen-bond donors (Lipinski definition) is 0. The Balaban J connectivity index is 2.22. The fourth-order valence-electron chi connectivity index (χ4n) is 2.80. The summed E-state index contributed by atoms with van der Waals surface area (Å²) < 4.78 is 5.66. The molecule has 0 spiro atoms. The maximum absolute atomic E-state index is 5.87. The van der Waals surface area contributed by atoms with E-state index >= 15 is 0 Å². The van der Waals surface area contributed by atoms with Gasteiger partial charge in [-0.05, 0) is 31.7 Å². The summed E-state index contributed by atoms with van der Waals surface area (Å²) in [4.78, 5) is 9.06. The molecule has 2 rings (SSSR count). The molecule has 1 heterocycles. The summed E-state index contributed by atoms with van der Waals surface area (Å²) in [5.74, 6) is 1.78. The lowest BCUT2D eigenvalue weighted by Crippen LogP contribution is -2.20. The topological polar surface area (TPSA) is 35.0 Å². The first-order valence-electron chi connectivity index (χ1n) is 6.68. The number of nitrogens with zero attached hydrogens (tertiary/aromatic N) is 2. The highest BCUT2D eigenvalue weighted by Crippen LogP contribution is 2.35. The van der Waals surface area contributed by atoms with Crippen LogP contribution in [0.5, 0.6) is 0 Å². The summed E-state index contributed by atoms with van der Waals surface area (Å²) in [6, 6.07) is 1.93. The highest BCUT2D eigenvalue weighted by molar-refractivity contribution is 6.16. The van der Waals surface area contributed by atoms with Gasteiger partial charge in [-0.2, -0.15) is 0 Å². The van der Waals surface area contributed by atoms with Crippen molar-refractivity contribution in [2.75, 3.05) is 7.11 Å². The average Bonchev–Trinajstić information content (AvgIpc) is 2.40. The fraction of sp³-hybridized carbons (Fsp3) is 0.714. The van der Waals surface area contributed by atoms with E-state index in [2.05, 4.69) is 9.97 Å². The molecule has 1 saturated carbocycles. The molecule has 0 aromatic carbocycles. The van der Waals surface area contributed by atoms with Crippen LogP contribution in [0.25, 0.3) is 0 Å². The lowest BCUT2D eigenvalue weighted by Gasteiger charge is -2.28. The first-order chi connectivity index (χ1) is 8.74. The van der Waals surface area contributed by atoms with Crippen LogP contribution in [0.2, 0.25) is 0 Å². The molecule has 0 amide bonds. The normalized spacial score (nSPS) is 18.8. The zero-order valence-corrected chi connectivity index (χ0v) is 11.9. The van der Waals surface area contributed by atoms with Gasteiger partial charge in [0.25, 0.3) is 0 Å². The van der Waals surface area contributed by atoms with Crippen LogP contribution in [0.4, 0.5) is 0 Å². The third-order valence-corrected chi connectivity index (χ3v) is 3.92. The molecule has 0 bridgehead atoms. The number of halogens is 1. The van der Waals surface area contributed by atoms with Gasteiger partial charge < -0.3 is 4.74 Å². The molecular formula is C14H21ClN2O. The van der Waals surface area contributed by atoms with Crippen LogP contribution in [0, 0.1) is 12.8 Å². The number of aryl methyl sites for hydroxylation is 1. The van der Waals surface area contributed by atoms with Crippen molar-refractivity contribution < 1.29 is 4.74 Å². The molecule has 4 heteroatoms. The minimum atomic E-state index is 0.0205. The Hall–Kier alpha value is -0.670. The van der Waals surface area contributed by atoms with Crippen LogP contribution in [0.3, 0.4) is 0 Å². The number of alkyl halides is 1. The maximum atomic E-state index is 5.87. The molecule has 0 radical (unpaired) electrons. The molecule has 1 aromatic heterocycles. The van der Waals surface area contributed by atoms with Crippen LogP contribution in [-0.2, 0) is 10.6 Å². The Bertz CT molecular complexity index is 391. The van der Waals surface area contributed by atoms with Gasteiger partial charge in [-0.15, -0.1) is 11.6 Å². The zero-order chi connectivity index (χ0) is 13.0. The highest BCUT2D eigenvalue weighted by atomic mass is 35.5. The van der Waals surface area contributed by atoms with Gasteiger partial charge in [0.15, 0.2) is 5.82 Å². The van der Waals surface area contributed by atoms with Gasteiger partial charge in [-0.3, -0.25) is 0 Å². The second-order valence-electron chi connectivity index (χ2n) is 5.05. The van der Waals surface area contributed by atoms with E-state index in [4.69, 9.17) is 16.3 Å².